The van der Waals surface area contributed by atoms with Crippen molar-refractivity contribution < 1.29 is 9.13 Å². The van der Waals surface area contributed by atoms with Gasteiger partial charge in [0, 0.05) is 42.3 Å². The molecule has 0 bridgehead atoms. The molecule has 0 saturated carbocycles. The van der Waals surface area contributed by atoms with E-state index in [4.69, 9.17) is 14.7 Å². The molecule has 0 atom stereocenters. The predicted octanol–water partition coefficient (Wildman–Crippen LogP) is 4.88. The topological polar surface area (TPSA) is 117 Å². The summed E-state index contributed by atoms with van der Waals surface area (Å²) in [6.07, 6.45) is 5.31. The monoisotopic (exact) mass is 494 g/mol. The van der Waals surface area contributed by atoms with Crippen molar-refractivity contribution in [2.45, 2.75) is 13.5 Å². The lowest BCUT2D eigenvalue weighted by atomic mass is 10.1. The Morgan fingerprint density at radius 1 is 0.946 bits per heavy atom. The molecule has 0 aliphatic carbocycles. The van der Waals surface area contributed by atoms with E-state index in [2.05, 4.69) is 43.5 Å². The zero-order valence-corrected chi connectivity index (χ0v) is 20.2. The molecule has 5 heterocycles. The first kappa shape index (κ1) is 22.7. The molecule has 0 aliphatic rings. The number of methoxy groups -OCH3 is 1. The molecule has 37 heavy (non-hydrogen) atoms. The minimum atomic E-state index is -0.414. The highest BCUT2D eigenvalue weighted by Crippen LogP contribution is 2.32. The van der Waals surface area contributed by atoms with Gasteiger partial charge in [0.2, 0.25) is 0 Å². The van der Waals surface area contributed by atoms with E-state index in [9.17, 15) is 4.39 Å². The van der Waals surface area contributed by atoms with Crippen molar-refractivity contribution in [3.8, 4) is 39.8 Å². The highest BCUT2D eigenvalue weighted by molar-refractivity contribution is 5.95. The summed E-state index contributed by atoms with van der Waals surface area (Å²) in [5.74, 6) is 0.522. The van der Waals surface area contributed by atoms with Gasteiger partial charge in [-0.1, -0.05) is 6.92 Å². The molecule has 6 rings (SSSR count). The van der Waals surface area contributed by atoms with Crippen LogP contribution in [0.5, 0.6) is 5.75 Å². The Morgan fingerprint density at radius 2 is 1.84 bits per heavy atom. The lowest BCUT2D eigenvalue weighted by molar-refractivity contribution is 0.411. The van der Waals surface area contributed by atoms with Crippen LogP contribution >= 0.6 is 0 Å². The van der Waals surface area contributed by atoms with Gasteiger partial charge in [-0.2, -0.15) is 5.10 Å². The third-order valence-corrected chi connectivity index (χ3v) is 6.08. The van der Waals surface area contributed by atoms with Crippen molar-refractivity contribution in [2.24, 2.45) is 0 Å². The summed E-state index contributed by atoms with van der Waals surface area (Å²) >= 11 is 0. The number of nitrogens with zero attached hydrogens (tertiary/aromatic N) is 5. The Labute approximate surface area is 211 Å². The minimum Gasteiger partial charge on any atom is -0.497 e. The number of rotatable bonds is 7. The summed E-state index contributed by atoms with van der Waals surface area (Å²) in [6, 6.07) is 12.3. The van der Waals surface area contributed by atoms with Crippen LogP contribution < -0.4 is 10.1 Å². The largest absolute Gasteiger partial charge is 0.497 e. The van der Waals surface area contributed by atoms with Gasteiger partial charge in [0.15, 0.2) is 11.5 Å². The van der Waals surface area contributed by atoms with Crippen molar-refractivity contribution in [3.63, 3.8) is 0 Å². The Morgan fingerprint density at radius 3 is 2.70 bits per heavy atom. The summed E-state index contributed by atoms with van der Waals surface area (Å²) < 4.78 is 19.4. The predicted molar refractivity (Wildman–Crippen MR) is 139 cm³/mol. The molecular weight excluding hydrogens is 471 g/mol. The van der Waals surface area contributed by atoms with Crippen LogP contribution in [0.2, 0.25) is 0 Å². The van der Waals surface area contributed by atoms with Gasteiger partial charge in [0.25, 0.3) is 0 Å². The molecular formula is C27H23FN8O. The van der Waals surface area contributed by atoms with Crippen LogP contribution in [0.1, 0.15) is 12.5 Å². The smallest absolute Gasteiger partial charge is 0.161 e. The summed E-state index contributed by atoms with van der Waals surface area (Å²) in [5.41, 5.74) is 7.26. The van der Waals surface area contributed by atoms with Gasteiger partial charge in [0.05, 0.1) is 29.5 Å². The number of nitrogens with one attached hydrogen (secondary N) is 3. The van der Waals surface area contributed by atoms with Gasteiger partial charge in [-0.05, 0) is 48.5 Å². The van der Waals surface area contributed by atoms with Crippen LogP contribution in [-0.2, 0) is 6.54 Å². The van der Waals surface area contributed by atoms with E-state index >= 15 is 0 Å². The highest BCUT2D eigenvalue weighted by atomic mass is 19.1. The average Bonchev–Trinajstić information content (AvgIpc) is 3.55. The number of benzene rings is 1. The molecule has 0 fully saturated rings. The van der Waals surface area contributed by atoms with E-state index in [1.165, 1.54) is 19.2 Å². The second-order valence-corrected chi connectivity index (χ2v) is 8.55. The van der Waals surface area contributed by atoms with Gasteiger partial charge in [-0.25, -0.2) is 14.4 Å². The third-order valence-electron chi connectivity index (χ3n) is 6.08. The minimum absolute atomic E-state index is 0.406. The zero-order chi connectivity index (χ0) is 25.4. The Kier molecular flexibility index (Phi) is 5.78. The van der Waals surface area contributed by atoms with Crippen LogP contribution in [0, 0.1) is 5.82 Å². The maximum atomic E-state index is 14.2. The lowest BCUT2D eigenvalue weighted by Crippen LogP contribution is -2.11. The fourth-order valence-electron chi connectivity index (χ4n) is 4.29. The van der Waals surface area contributed by atoms with Crippen molar-refractivity contribution in [1.82, 2.24) is 40.4 Å². The maximum absolute atomic E-state index is 14.2. The lowest BCUT2D eigenvalue weighted by Gasteiger charge is -2.05. The Bertz CT molecular complexity index is 1740. The molecule has 9 nitrogen and oxygen atoms in total. The average molecular weight is 495 g/mol. The fourth-order valence-corrected chi connectivity index (χ4v) is 4.29. The van der Waals surface area contributed by atoms with E-state index in [0.29, 0.717) is 39.6 Å². The number of pyridine rings is 3. The van der Waals surface area contributed by atoms with Crippen LogP contribution in [0.15, 0.2) is 61.1 Å². The number of fused-ring (bicyclic) bond motifs is 2. The second-order valence-electron chi connectivity index (χ2n) is 8.55. The van der Waals surface area contributed by atoms with Crippen LogP contribution in [-0.4, -0.2) is 48.8 Å². The van der Waals surface area contributed by atoms with Gasteiger partial charge >= 0.3 is 0 Å². The van der Waals surface area contributed by atoms with Crippen LogP contribution in [0.3, 0.4) is 0 Å². The molecule has 184 valence electrons. The second kappa shape index (κ2) is 9.40. The number of hydrogen-bond acceptors (Lipinski definition) is 7. The molecule has 1 aromatic carbocycles. The number of hydrogen-bond donors (Lipinski definition) is 3. The molecule has 3 N–H and O–H groups in total. The van der Waals surface area contributed by atoms with Crippen molar-refractivity contribution in [1.29, 1.82) is 0 Å². The van der Waals surface area contributed by atoms with E-state index < -0.39 is 5.82 Å². The number of halogens is 1. The summed E-state index contributed by atoms with van der Waals surface area (Å²) in [4.78, 5) is 21.9. The first-order valence-corrected chi connectivity index (χ1v) is 11.8. The molecule has 0 radical (unpaired) electrons. The molecule has 0 unspecified atom stereocenters. The van der Waals surface area contributed by atoms with Gasteiger partial charge in [-0.15, -0.1) is 0 Å². The van der Waals surface area contributed by atoms with E-state index in [1.807, 2.05) is 24.4 Å². The van der Waals surface area contributed by atoms with Gasteiger partial charge < -0.3 is 15.0 Å². The molecule has 10 heteroatoms. The molecule has 0 saturated heterocycles. The van der Waals surface area contributed by atoms with E-state index in [1.54, 1.807) is 18.5 Å². The highest BCUT2D eigenvalue weighted by Gasteiger charge is 2.18. The Balaban J connectivity index is 1.43. The number of ether oxygens (including phenoxy) is 1. The molecule has 5 aromatic heterocycles. The van der Waals surface area contributed by atoms with E-state index in [-0.39, 0.29) is 0 Å². The molecule has 0 aliphatic heterocycles. The number of H-pyrrole nitrogens is 2. The zero-order valence-electron chi connectivity index (χ0n) is 20.2. The maximum Gasteiger partial charge on any atom is 0.161 e. The normalized spacial score (nSPS) is 11.4. The molecule has 0 amide bonds. The van der Waals surface area contributed by atoms with Crippen LogP contribution in [0.25, 0.3) is 56.1 Å². The molecule has 0 spiro atoms. The van der Waals surface area contributed by atoms with Gasteiger partial charge in [0.1, 0.15) is 22.6 Å². The summed E-state index contributed by atoms with van der Waals surface area (Å²) in [6.45, 7) is 3.69. The quantitative estimate of drug-likeness (QED) is 0.289. The van der Waals surface area contributed by atoms with Gasteiger partial charge in [-0.3, -0.25) is 15.1 Å². The SMILES string of the molecule is CCNCc1cncc(-c2ccc3[nH]nc(-c4nc5c(-c6cc(F)cc(OC)c6)nccc5[nH]4)c3n2)c1. The standard InChI is InChI=1S/C27H23FN8O/c1-3-29-12-15-8-17(14-30-13-15)20-4-5-22-25(32-20)26(36-35-22)27-33-21-6-7-31-23(24(21)34-27)16-9-18(28)11-19(10-16)37-2/h4-11,13-14,29H,3,12H2,1-2H3,(H,33,34)(H,35,36). The first-order valence-electron chi connectivity index (χ1n) is 11.8. The van der Waals surface area contributed by atoms with Crippen molar-refractivity contribution >= 4 is 22.1 Å². The van der Waals surface area contributed by atoms with Crippen molar-refractivity contribution in [3.05, 3.63) is 72.4 Å². The summed E-state index contributed by atoms with van der Waals surface area (Å²) in [7, 11) is 1.50. The first-order chi connectivity index (χ1) is 18.1. The van der Waals surface area contributed by atoms with E-state index in [0.717, 1.165) is 40.9 Å². The molecule has 6 aromatic rings. The van der Waals surface area contributed by atoms with Crippen LogP contribution in [0.4, 0.5) is 4.39 Å². The number of imidazole rings is 1. The third kappa shape index (κ3) is 4.27. The summed E-state index contributed by atoms with van der Waals surface area (Å²) in [5, 5.41) is 10.8. The Hall–Kier alpha value is -4.70. The number of aromatic nitrogens is 7. The fraction of sp³-hybridized carbons (Fsp3) is 0.148. The number of aromatic amines is 2. The van der Waals surface area contributed by atoms with Crippen molar-refractivity contribution in [2.75, 3.05) is 13.7 Å².